The Morgan fingerprint density at radius 1 is 1.05 bits per heavy atom. The van der Waals surface area contributed by atoms with Crippen molar-refractivity contribution < 1.29 is 28.8 Å². The van der Waals surface area contributed by atoms with Crippen LogP contribution in [0.2, 0.25) is 0 Å². The largest absolute Gasteiger partial charge is 0.462 e. The number of anilines is 2. The fourth-order valence-corrected chi connectivity index (χ4v) is 5.15. The highest BCUT2D eigenvalue weighted by molar-refractivity contribution is 5.93. The number of nitrogens with zero attached hydrogens (tertiary/aromatic N) is 4. The molecule has 2 aliphatic heterocycles. The first-order valence-corrected chi connectivity index (χ1v) is 12.3. The molecular formula is C26H32N4O7. The van der Waals surface area contributed by atoms with E-state index in [1.807, 2.05) is 6.07 Å². The average Bonchev–Trinajstić information content (AvgIpc) is 2.89. The van der Waals surface area contributed by atoms with Crippen molar-refractivity contribution in [2.75, 3.05) is 43.1 Å². The van der Waals surface area contributed by atoms with Crippen LogP contribution in [0.1, 0.15) is 19.4 Å². The topological polar surface area (TPSA) is 131 Å². The highest BCUT2D eigenvalue weighted by atomic mass is 16.7. The normalized spacial score (nSPS) is 25.9. The number of piperazine rings is 1. The van der Waals surface area contributed by atoms with Gasteiger partial charge in [-0.25, -0.2) is 14.8 Å². The van der Waals surface area contributed by atoms with Gasteiger partial charge in [0.2, 0.25) is 12.2 Å². The quantitative estimate of drug-likeness (QED) is 0.482. The Kier molecular flexibility index (Phi) is 6.80. The minimum absolute atomic E-state index is 0.377. The minimum atomic E-state index is -1.34. The van der Waals surface area contributed by atoms with E-state index in [2.05, 4.69) is 19.8 Å². The van der Waals surface area contributed by atoms with E-state index in [1.54, 1.807) is 45.3 Å². The van der Waals surface area contributed by atoms with Gasteiger partial charge in [-0.1, -0.05) is 0 Å². The van der Waals surface area contributed by atoms with Crippen LogP contribution < -0.4 is 20.2 Å². The van der Waals surface area contributed by atoms with Crippen molar-refractivity contribution in [1.82, 2.24) is 9.97 Å². The van der Waals surface area contributed by atoms with Crippen LogP contribution in [0.15, 0.2) is 45.9 Å². The lowest BCUT2D eigenvalue weighted by Gasteiger charge is -2.46. The van der Waals surface area contributed by atoms with Crippen molar-refractivity contribution in [1.29, 1.82) is 0 Å². The van der Waals surface area contributed by atoms with E-state index in [-0.39, 0.29) is 0 Å². The first-order valence-electron chi connectivity index (χ1n) is 12.3. The molecule has 4 atom stereocenters. The molecule has 11 heteroatoms. The van der Waals surface area contributed by atoms with Gasteiger partial charge in [0, 0.05) is 62.7 Å². The molecule has 37 heavy (non-hydrogen) atoms. The number of methoxy groups -OCH3 is 1. The van der Waals surface area contributed by atoms with Gasteiger partial charge in [-0.05, 0) is 39.0 Å². The van der Waals surface area contributed by atoms with Crippen LogP contribution in [0, 0.1) is 6.92 Å². The fraction of sp³-hybridized carbons (Fsp3) is 0.500. The molecule has 0 unspecified atom stereocenters. The van der Waals surface area contributed by atoms with Crippen LogP contribution in [0.4, 0.5) is 11.6 Å². The summed E-state index contributed by atoms with van der Waals surface area (Å²) in [7, 11) is 1.45. The lowest BCUT2D eigenvalue weighted by molar-refractivity contribution is -0.306. The summed E-state index contributed by atoms with van der Waals surface area (Å²) >= 11 is 0. The first-order chi connectivity index (χ1) is 17.7. The molecule has 1 aromatic carbocycles. The van der Waals surface area contributed by atoms with Crippen molar-refractivity contribution in [2.24, 2.45) is 0 Å². The summed E-state index contributed by atoms with van der Waals surface area (Å²) in [5.74, 6) is 1.07. The lowest BCUT2D eigenvalue weighted by Crippen LogP contribution is -2.63. The molecule has 0 saturated carbocycles. The molecule has 2 aromatic heterocycles. The maximum atomic E-state index is 12.6. The summed E-state index contributed by atoms with van der Waals surface area (Å²) < 4.78 is 22.9. The van der Waals surface area contributed by atoms with Gasteiger partial charge in [0.25, 0.3) is 0 Å². The van der Waals surface area contributed by atoms with Crippen LogP contribution in [0.5, 0.6) is 5.75 Å². The van der Waals surface area contributed by atoms with E-state index in [1.165, 1.54) is 13.2 Å². The first kappa shape index (κ1) is 25.4. The van der Waals surface area contributed by atoms with Gasteiger partial charge in [-0.15, -0.1) is 0 Å². The number of fused-ring (bicyclic) bond motifs is 1. The van der Waals surface area contributed by atoms with Crippen molar-refractivity contribution in [3.63, 3.8) is 0 Å². The summed E-state index contributed by atoms with van der Waals surface area (Å²) in [6.45, 7) is 8.09. The third kappa shape index (κ3) is 4.75. The van der Waals surface area contributed by atoms with Gasteiger partial charge in [-0.2, -0.15) is 0 Å². The number of aromatic nitrogens is 2. The molecule has 0 bridgehead atoms. The van der Waals surface area contributed by atoms with Crippen LogP contribution in [0.3, 0.4) is 0 Å². The Bertz CT molecular complexity index is 1310. The van der Waals surface area contributed by atoms with Gasteiger partial charge < -0.3 is 38.6 Å². The molecule has 0 aliphatic carbocycles. The smallest absolute Gasteiger partial charge is 0.338 e. The number of benzene rings is 1. The number of hydrogen-bond donors (Lipinski definition) is 2. The van der Waals surface area contributed by atoms with E-state index in [4.69, 9.17) is 18.6 Å². The van der Waals surface area contributed by atoms with Crippen LogP contribution in [0.25, 0.3) is 11.0 Å². The SMILES string of the molecule is CO[C@@H]1[C@@H](O)[C@@H](O)[C@H](Oc2ccc3c(N4CCN(c5ncccn5)CC4)cc(=O)oc3c2C)OC1(C)C. The Morgan fingerprint density at radius 3 is 2.41 bits per heavy atom. The van der Waals surface area contributed by atoms with E-state index >= 15 is 0 Å². The molecule has 0 spiro atoms. The minimum Gasteiger partial charge on any atom is -0.462 e. The van der Waals surface area contributed by atoms with Gasteiger partial charge in [-0.3, -0.25) is 0 Å². The highest BCUT2D eigenvalue weighted by Gasteiger charge is 2.50. The standard InChI is InChI=1S/C26H32N4O7/c1-15-18(35-24-21(33)20(32)23(34-4)26(2,3)37-24)7-6-16-17(14-19(31)36-22(15)16)29-10-12-30(13-11-29)25-27-8-5-9-28-25/h5-9,14,20-21,23-24,32-33H,10-13H2,1-4H3/t20-,21+,23+,24+/m0/s1. The second-order valence-corrected chi connectivity index (χ2v) is 9.88. The molecule has 3 aromatic rings. The summed E-state index contributed by atoms with van der Waals surface area (Å²) in [6.07, 6.45) is -0.963. The Labute approximate surface area is 214 Å². The van der Waals surface area contributed by atoms with Crippen molar-refractivity contribution in [3.05, 3.63) is 52.6 Å². The van der Waals surface area contributed by atoms with Gasteiger partial charge in [0.1, 0.15) is 29.6 Å². The molecule has 2 saturated heterocycles. The van der Waals surface area contributed by atoms with E-state index in [0.717, 1.165) is 11.1 Å². The van der Waals surface area contributed by atoms with E-state index < -0.39 is 35.8 Å². The third-order valence-electron chi connectivity index (χ3n) is 7.09. The van der Waals surface area contributed by atoms with E-state index in [9.17, 15) is 15.0 Å². The molecular weight excluding hydrogens is 480 g/mol. The number of aliphatic hydroxyl groups excluding tert-OH is 2. The molecule has 0 amide bonds. The third-order valence-corrected chi connectivity index (χ3v) is 7.09. The summed E-state index contributed by atoms with van der Waals surface area (Å²) in [5, 5.41) is 22.0. The zero-order valence-corrected chi connectivity index (χ0v) is 21.3. The number of ether oxygens (including phenoxy) is 3. The number of hydrogen-bond acceptors (Lipinski definition) is 11. The number of rotatable bonds is 5. The predicted molar refractivity (Wildman–Crippen MR) is 136 cm³/mol. The second-order valence-electron chi connectivity index (χ2n) is 9.88. The van der Waals surface area contributed by atoms with Crippen molar-refractivity contribution >= 4 is 22.6 Å². The zero-order valence-electron chi connectivity index (χ0n) is 21.3. The Balaban J connectivity index is 1.40. The number of aryl methyl sites for hydroxylation is 1. The molecule has 4 heterocycles. The lowest BCUT2D eigenvalue weighted by atomic mass is 9.89. The van der Waals surface area contributed by atoms with Crippen LogP contribution >= 0.6 is 0 Å². The molecule has 2 N–H and O–H groups in total. The van der Waals surface area contributed by atoms with Crippen molar-refractivity contribution in [3.8, 4) is 5.75 Å². The molecule has 11 nitrogen and oxygen atoms in total. The van der Waals surface area contributed by atoms with E-state index in [0.29, 0.717) is 49.0 Å². The molecule has 2 aliphatic rings. The molecule has 5 rings (SSSR count). The zero-order chi connectivity index (χ0) is 26.3. The molecule has 198 valence electrons. The number of aliphatic hydroxyl groups is 2. The van der Waals surface area contributed by atoms with Gasteiger partial charge in [0.15, 0.2) is 0 Å². The fourth-order valence-electron chi connectivity index (χ4n) is 5.15. The molecule has 0 radical (unpaired) electrons. The van der Waals surface area contributed by atoms with Crippen LogP contribution in [-0.4, -0.2) is 83.7 Å². The Morgan fingerprint density at radius 2 is 1.73 bits per heavy atom. The van der Waals surface area contributed by atoms with Crippen LogP contribution in [-0.2, 0) is 9.47 Å². The monoisotopic (exact) mass is 512 g/mol. The second kappa shape index (κ2) is 9.90. The summed E-state index contributed by atoms with van der Waals surface area (Å²) in [4.78, 5) is 25.5. The maximum absolute atomic E-state index is 12.6. The molecule has 2 fully saturated rings. The average molecular weight is 513 g/mol. The van der Waals surface area contributed by atoms with Gasteiger partial charge in [0.05, 0.1) is 11.3 Å². The predicted octanol–water partition coefficient (Wildman–Crippen LogP) is 1.47. The summed E-state index contributed by atoms with van der Waals surface area (Å²) in [6, 6.07) is 6.88. The van der Waals surface area contributed by atoms with Gasteiger partial charge >= 0.3 is 5.63 Å². The Hall–Kier alpha value is -3.25. The maximum Gasteiger partial charge on any atom is 0.338 e. The summed E-state index contributed by atoms with van der Waals surface area (Å²) in [5.41, 5.74) is 0.390. The van der Waals surface area contributed by atoms with Crippen molar-refractivity contribution in [2.45, 2.75) is 51.0 Å². The highest BCUT2D eigenvalue weighted by Crippen LogP contribution is 2.36.